The molecule has 2 aromatic rings. The van der Waals surface area contributed by atoms with E-state index in [2.05, 4.69) is 47.0 Å². The molecule has 0 aromatic carbocycles. The smallest absolute Gasteiger partial charge is 0.0981 e. The Bertz CT molecular complexity index is 603. The standard InChI is InChI=1S/C17H24N4S/c1-17(2,3)16-20-10-14(22-16)12-21-8-7-19-11-15(21)13-5-4-6-18-9-13/h4-6,9-10,15,19H,7-8,11-12H2,1-3H3. The summed E-state index contributed by atoms with van der Waals surface area (Å²) in [4.78, 5) is 12.8. The highest BCUT2D eigenvalue weighted by atomic mass is 32.1. The minimum absolute atomic E-state index is 0.134. The third-order valence-electron chi connectivity index (χ3n) is 3.98. The van der Waals surface area contributed by atoms with Gasteiger partial charge in [-0.05, 0) is 11.6 Å². The zero-order chi connectivity index (χ0) is 15.6. The SMILES string of the molecule is CC(C)(C)c1ncc(CN2CCNCC2c2cccnc2)s1. The highest BCUT2D eigenvalue weighted by Crippen LogP contribution is 2.29. The normalized spacial score (nSPS) is 20.2. The fraction of sp³-hybridized carbons (Fsp3) is 0.529. The van der Waals surface area contributed by atoms with Crippen molar-refractivity contribution in [1.29, 1.82) is 0 Å². The molecule has 5 heteroatoms. The average Bonchev–Trinajstić information content (AvgIpc) is 2.97. The van der Waals surface area contributed by atoms with Crippen LogP contribution in [0.1, 0.15) is 42.3 Å². The maximum Gasteiger partial charge on any atom is 0.0981 e. The molecule has 1 atom stereocenters. The quantitative estimate of drug-likeness (QED) is 0.945. The van der Waals surface area contributed by atoms with Crippen molar-refractivity contribution < 1.29 is 0 Å². The fourth-order valence-electron chi connectivity index (χ4n) is 2.76. The first-order valence-electron chi connectivity index (χ1n) is 7.84. The number of rotatable bonds is 3. The number of hydrogen-bond donors (Lipinski definition) is 1. The van der Waals surface area contributed by atoms with Gasteiger partial charge in [-0.3, -0.25) is 9.88 Å². The number of nitrogens with one attached hydrogen (secondary N) is 1. The predicted molar refractivity (Wildman–Crippen MR) is 91.1 cm³/mol. The van der Waals surface area contributed by atoms with E-state index in [0.29, 0.717) is 6.04 Å². The lowest BCUT2D eigenvalue weighted by Crippen LogP contribution is -2.45. The topological polar surface area (TPSA) is 41.1 Å². The van der Waals surface area contributed by atoms with Crippen LogP contribution in [0, 0.1) is 0 Å². The lowest BCUT2D eigenvalue weighted by molar-refractivity contribution is 0.155. The van der Waals surface area contributed by atoms with Crippen molar-refractivity contribution in [3.05, 3.63) is 46.2 Å². The zero-order valence-corrected chi connectivity index (χ0v) is 14.4. The summed E-state index contributed by atoms with van der Waals surface area (Å²) in [6.07, 6.45) is 5.87. The van der Waals surface area contributed by atoms with Crippen molar-refractivity contribution >= 4 is 11.3 Å². The van der Waals surface area contributed by atoms with Crippen LogP contribution in [0.5, 0.6) is 0 Å². The molecule has 1 N–H and O–H groups in total. The number of aromatic nitrogens is 2. The largest absolute Gasteiger partial charge is 0.314 e. The van der Waals surface area contributed by atoms with Gasteiger partial charge in [0.15, 0.2) is 0 Å². The van der Waals surface area contributed by atoms with Crippen LogP contribution in [0.15, 0.2) is 30.7 Å². The van der Waals surface area contributed by atoms with Gasteiger partial charge in [0.1, 0.15) is 0 Å². The fourth-order valence-corrected chi connectivity index (χ4v) is 3.76. The van der Waals surface area contributed by atoms with E-state index in [0.717, 1.165) is 26.2 Å². The van der Waals surface area contributed by atoms with Crippen LogP contribution in [0.3, 0.4) is 0 Å². The van der Waals surface area contributed by atoms with Gasteiger partial charge in [-0.25, -0.2) is 4.98 Å². The molecule has 1 fully saturated rings. The summed E-state index contributed by atoms with van der Waals surface area (Å²) >= 11 is 1.84. The van der Waals surface area contributed by atoms with Gasteiger partial charge in [0.05, 0.1) is 5.01 Å². The summed E-state index contributed by atoms with van der Waals surface area (Å²) in [5, 5.41) is 4.71. The number of piperazine rings is 1. The molecule has 0 radical (unpaired) electrons. The monoisotopic (exact) mass is 316 g/mol. The third-order valence-corrected chi connectivity index (χ3v) is 5.39. The van der Waals surface area contributed by atoms with Gasteiger partial charge in [0.25, 0.3) is 0 Å². The molecule has 1 saturated heterocycles. The molecular formula is C17H24N4S. The Labute approximate surface area is 136 Å². The maximum absolute atomic E-state index is 4.61. The lowest BCUT2D eigenvalue weighted by atomic mass is 9.98. The molecule has 3 heterocycles. The van der Waals surface area contributed by atoms with E-state index in [-0.39, 0.29) is 5.41 Å². The van der Waals surface area contributed by atoms with Crippen LogP contribution < -0.4 is 5.32 Å². The highest BCUT2D eigenvalue weighted by molar-refractivity contribution is 7.11. The van der Waals surface area contributed by atoms with Crippen molar-refractivity contribution in [1.82, 2.24) is 20.2 Å². The highest BCUT2D eigenvalue weighted by Gasteiger charge is 2.25. The van der Waals surface area contributed by atoms with E-state index < -0.39 is 0 Å². The van der Waals surface area contributed by atoms with Crippen molar-refractivity contribution in [2.24, 2.45) is 0 Å². The summed E-state index contributed by atoms with van der Waals surface area (Å²) in [5.41, 5.74) is 1.42. The summed E-state index contributed by atoms with van der Waals surface area (Å²) in [7, 11) is 0. The molecule has 4 nitrogen and oxygen atoms in total. The summed E-state index contributed by atoms with van der Waals surface area (Å²) in [5.74, 6) is 0. The van der Waals surface area contributed by atoms with Crippen LogP contribution in [0.2, 0.25) is 0 Å². The van der Waals surface area contributed by atoms with Crippen LogP contribution in [-0.2, 0) is 12.0 Å². The Kier molecular flexibility index (Phi) is 4.57. The zero-order valence-electron chi connectivity index (χ0n) is 13.5. The molecule has 1 unspecified atom stereocenters. The van der Waals surface area contributed by atoms with Crippen LogP contribution in [0.4, 0.5) is 0 Å². The summed E-state index contributed by atoms with van der Waals surface area (Å²) in [6, 6.07) is 4.58. The predicted octanol–water partition coefficient (Wildman–Crippen LogP) is 2.98. The molecule has 0 saturated carbocycles. The molecule has 1 aliphatic rings. The minimum atomic E-state index is 0.134. The van der Waals surface area contributed by atoms with Crippen molar-refractivity contribution in [3.63, 3.8) is 0 Å². The lowest BCUT2D eigenvalue weighted by Gasteiger charge is -2.36. The Balaban J connectivity index is 1.76. The van der Waals surface area contributed by atoms with E-state index in [9.17, 15) is 0 Å². The van der Waals surface area contributed by atoms with E-state index in [1.165, 1.54) is 15.4 Å². The first-order valence-corrected chi connectivity index (χ1v) is 8.65. The second-order valence-corrected chi connectivity index (χ2v) is 7.97. The van der Waals surface area contributed by atoms with Gasteiger partial charge in [-0.15, -0.1) is 11.3 Å². The molecule has 0 amide bonds. The van der Waals surface area contributed by atoms with Gasteiger partial charge < -0.3 is 5.32 Å². The molecule has 0 aliphatic carbocycles. The summed E-state index contributed by atoms with van der Waals surface area (Å²) < 4.78 is 0. The minimum Gasteiger partial charge on any atom is -0.314 e. The number of thiazole rings is 1. The van der Waals surface area contributed by atoms with Gasteiger partial charge in [-0.1, -0.05) is 26.8 Å². The summed E-state index contributed by atoms with van der Waals surface area (Å²) in [6.45, 7) is 10.7. The van der Waals surface area contributed by atoms with Gasteiger partial charge in [0, 0.05) is 61.1 Å². The second-order valence-electron chi connectivity index (χ2n) is 6.86. The molecule has 0 bridgehead atoms. The Morgan fingerprint density at radius 3 is 2.91 bits per heavy atom. The van der Waals surface area contributed by atoms with E-state index in [4.69, 9.17) is 0 Å². The number of hydrogen-bond acceptors (Lipinski definition) is 5. The first kappa shape index (κ1) is 15.6. The number of nitrogens with zero attached hydrogens (tertiary/aromatic N) is 3. The molecule has 2 aromatic heterocycles. The maximum atomic E-state index is 4.61. The Hall–Kier alpha value is -1.30. The number of pyridine rings is 1. The first-order chi connectivity index (χ1) is 10.5. The van der Waals surface area contributed by atoms with Crippen LogP contribution in [0.25, 0.3) is 0 Å². The van der Waals surface area contributed by atoms with E-state index >= 15 is 0 Å². The van der Waals surface area contributed by atoms with Crippen LogP contribution >= 0.6 is 11.3 Å². The second kappa shape index (κ2) is 6.44. The van der Waals surface area contributed by atoms with Gasteiger partial charge in [-0.2, -0.15) is 0 Å². The third kappa shape index (κ3) is 3.54. The molecule has 0 spiro atoms. The molecule has 118 valence electrons. The van der Waals surface area contributed by atoms with Crippen molar-refractivity contribution in [2.75, 3.05) is 19.6 Å². The molecule has 22 heavy (non-hydrogen) atoms. The van der Waals surface area contributed by atoms with Crippen molar-refractivity contribution in [3.8, 4) is 0 Å². The average molecular weight is 316 g/mol. The van der Waals surface area contributed by atoms with E-state index in [1.807, 2.05) is 36.0 Å². The Morgan fingerprint density at radius 1 is 1.36 bits per heavy atom. The van der Waals surface area contributed by atoms with Crippen LogP contribution in [-0.4, -0.2) is 34.5 Å². The van der Waals surface area contributed by atoms with Gasteiger partial charge in [0.2, 0.25) is 0 Å². The van der Waals surface area contributed by atoms with Gasteiger partial charge >= 0.3 is 0 Å². The molecular weight excluding hydrogens is 292 g/mol. The molecule has 3 rings (SSSR count). The molecule has 1 aliphatic heterocycles. The van der Waals surface area contributed by atoms with E-state index in [1.54, 1.807) is 0 Å². The van der Waals surface area contributed by atoms with Crippen molar-refractivity contribution in [2.45, 2.75) is 38.8 Å². The Morgan fingerprint density at radius 2 is 2.23 bits per heavy atom.